The lowest BCUT2D eigenvalue weighted by Crippen LogP contribution is -2.46. The van der Waals surface area contributed by atoms with Gasteiger partial charge in [0.15, 0.2) is 0 Å². The van der Waals surface area contributed by atoms with Gasteiger partial charge in [-0.2, -0.15) is 0 Å². The predicted molar refractivity (Wildman–Crippen MR) is 101 cm³/mol. The molecule has 4 saturated carbocycles. The summed E-state index contributed by atoms with van der Waals surface area (Å²) in [5, 5.41) is 2.96. The Kier molecular flexibility index (Phi) is 4.37. The summed E-state index contributed by atoms with van der Waals surface area (Å²) in [6.45, 7) is 2.56. The van der Waals surface area contributed by atoms with Gasteiger partial charge in [0.05, 0.1) is 0 Å². The number of allylic oxidation sites excluding steroid dienone is 1. The third kappa shape index (κ3) is 3.29. The lowest BCUT2D eigenvalue weighted by atomic mass is 9.48. The standard InChI is InChI=1S/C22H28N2O2/c1-14(22-10-16-6-17(11-22)8-18(7-16)12-22)5-20(25)24-13-15-3-2-4-19(9-15)21(23)26/h2-5,9,16-18H,6-8,10-13H2,1H3,(H2,23,26)(H,24,25). The van der Waals surface area contributed by atoms with Gasteiger partial charge < -0.3 is 11.1 Å². The Morgan fingerprint density at radius 3 is 2.35 bits per heavy atom. The van der Waals surface area contributed by atoms with E-state index in [0.717, 1.165) is 23.3 Å². The summed E-state index contributed by atoms with van der Waals surface area (Å²) < 4.78 is 0. The Balaban J connectivity index is 1.41. The van der Waals surface area contributed by atoms with E-state index in [1.165, 1.54) is 44.1 Å². The third-order valence-electron chi connectivity index (χ3n) is 6.90. The van der Waals surface area contributed by atoms with Gasteiger partial charge in [-0.05, 0) is 86.3 Å². The Hall–Kier alpha value is -2.10. The zero-order valence-corrected chi connectivity index (χ0v) is 15.5. The molecule has 138 valence electrons. The summed E-state index contributed by atoms with van der Waals surface area (Å²) in [7, 11) is 0. The largest absolute Gasteiger partial charge is 0.366 e. The summed E-state index contributed by atoms with van der Waals surface area (Å²) in [5.74, 6) is 2.15. The zero-order chi connectivity index (χ0) is 18.3. The second-order valence-electron chi connectivity index (χ2n) is 8.81. The van der Waals surface area contributed by atoms with Gasteiger partial charge in [-0.25, -0.2) is 0 Å². The predicted octanol–water partition coefficient (Wildman–Crippen LogP) is 3.56. The van der Waals surface area contributed by atoms with Gasteiger partial charge in [0.2, 0.25) is 11.8 Å². The number of primary amides is 1. The van der Waals surface area contributed by atoms with Gasteiger partial charge in [0.1, 0.15) is 0 Å². The molecule has 0 aromatic heterocycles. The molecule has 1 aromatic rings. The molecule has 4 aliphatic rings. The Morgan fingerprint density at radius 2 is 1.77 bits per heavy atom. The maximum Gasteiger partial charge on any atom is 0.248 e. The van der Waals surface area contributed by atoms with Gasteiger partial charge in [-0.3, -0.25) is 9.59 Å². The molecule has 0 aliphatic heterocycles. The Bertz CT molecular complexity index is 730. The van der Waals surface area contributed by atoms with Crippen LogP contribution in [0.3, 0.4) is 0 Å². The molecule has 5 rings (SSSR count). The van der Waals surface area contributed by atoms with Crippen LogP contribution in [0, 0.1) is 23.2 Å². The maximum atomic E-state index is 12.5. The topological polar surface area (TPSA) is 72.2 Å². The van der Waals surface area contributed by atoms with Crippen LogP contribution >= 0.6 is 0 Å². The van der Waals surface area contributed by atoms with Crippen molar-refractivity contribution in [2.24, 2.45) is 28.9 Å². The summed E-state index contributed by atoms with van der Waals surface area (Å²) in [6.07, 6.45) is 9.88. The SMILES string of the molecule is CC(=CC(=O)NCc1cccc(C(N)=O)c1)C12CC3CC(CC(C3)C1)C2. The quantitative estimate of drug-likeness (QED) is 0.795. The van der Waals surface area contributed by atoms with Gasteiger partial charge in [0, 0.05) is 18.2 Å². The van der Waals surface area contributed by atoms with Gasteiger partial charge in [-0.1, -0.05) is 17.7 Å². The normalized spacial score (nSPS) is 32.5. The van der Waals surface area contributed by atoms with E-state index < -0.39 is 5.91 Å². The van der Waals surface area contributed by atoms with Gasteiger partial charge in [-0.15, -0.1) is 0 Å². The lowest BCUT2D eigenvalue weighted by molar-refractivity contribution is -0.116. The fourth-order valence-electron chi connectivity index (χ4n) is 6.02. The molecule has 4 fully saturated rings. The van der Waals surface area contributed by atoms with E-state index in [1.807, 2.05) is 12.1 Å². The molecule has 4 heteroatoms. The minimum atomic E-state index is -0.448. The van der Waals surface area contributed by atoms with Crippen molar-refractivity contribution in [1.29, 1.82) is 0 Å². The average molecular weight is 352 g/mol. The molecule has 0 saturated heterocycles. The molecule has 4 nitrogen and oxygen atoms in total. The number of nitrogens with two attached hydrogens (primary N) is 1. The molecule has 0 heterocycles. The van der Waals surface area contributed by atoms with E-state index in [2.05, 4.69) is 12.2 Å². The van der Waals surface area contributed by atoms with E-state index in [1.54, 1.807) is 18.2 Å². The van der Waals surface area contributed by atoms with Crippen molar-refractivity contribution >= 4 is 11.8 Å². The van der Waals surface area contributed by atoms with Gasteiger partial charge in [0.25, 0.3) is 0 Å². The van der Waals surface area contributed by atoms with Crippen LogP contribution in [0.25, 0.3) is 0 Å². The van der Waals surface area contributed by atoms with E-state index >= 15 is 0 Å². The maximum absolute atomic E-state index is 12.5. The number of carbonyl (C=O) groups is 2. The smallest absolute Gasteiger partial charge is 0.248 e. The molecule has 0 unspecified atom stereocenters. The molecule has 0 atom stereocenters. The number of amides is 2. The van der Waals surface area contributed by atoms with E-state index in [-0.39, 0.29) is 11.3 Å². The summed E-state index contributed by atoms with van der Waals surface area (Å²) >= 11 is 0. The van der Waals surface area contributed by atoms with Crippen molar-refractivity contribution in [1.82, 2.24) is 5.32 Å². The van der Waals surface area contributed by atoms with E-state index in [0.29, 0.717) is 12.1 Å². The second-order valence-corrected chi connectivity index (χ2v) is 8.81. The summed E-state index contributed by atoms with van der Waals surface area (Å²) in [4.78, 5) is 23.7. The number of hydrogen-bond acceptors (Lipinski definition) is 2. The highest BCUT2D eigenvalue weighted by molar-refractivity contribution is 5.93. The number of benzene rings is 1. The Morgan fingerprint density at radius 1 is 1.15 bits per heavy atom. The first-order chi connectivity index (χ1) is 12.4. The highest BCUT2D eigenvalue weighted by atomic mass is 16.1. The van der Waals surface area contributed by atoms with Crippen LogP contribution in [-0.2, 0) is 11.3 Å². The fraction of sp³-hybridized carbons (Fsp3) is 0.545. The highest BCUT2D eigenvalue weighted by Gasteiger charge is 2.51. The Labute approximate surface area is 155 Å². The molecular formula is C22H28N2O2. The first-order valence-electron chi connectivity index (χ1n) is 9.79. The highest BCUT2D eigenvalue weighted by Crippen LogP contribution is 2.62. The van der Waals surface area contributed by atoms with Crippen molar-refractivity contribution in [3.8, 4) is 0 Å². The van der Waals surface area contributed by atoms with E-state index in [9.17, 15) is 9.59 Å². The molecule has 1 aromatic carbocycles. The van der Waals surface area contributed by atoms with Crippen LogP contribution in [0.5, 0.6) is 0 Å². The van der Waals surface area contributed by atoms with Crippen LogP contribution in [0.4, 0.5) is 0 Å². The van der Waals surface area contributed by atoms with Crippen molar-refractivity contribution in [3.63, 3.8) is 0 Å². The van der Waals surface area contributed by atoms with Crippen molar-refractivity contribution < 1.29 is 9.59 Å². The van der Waals surface area contributed by atoms with Crippen LogP contribution in [0.2, 0.25) is 0 Å². The molecule has 4 aliphatic carbocycles. The summed E-state index contributed by atoms with van der Waals surface area (Å²) in [5.41, 5.74) is 8.21. The van der Waals surface area contributed by atoms with Crippen LogP contribution in [0.1, 0.15) is 61.4 Å². The minimum Gasteiger partial charge on any atom is -0.366 e. The molecule has 2 amide bonds. The van der Waals surface area contributed by atoms with E-state index in [4.69, 9.17) is 5.73 Å². The third-order valence-corrected chi connectivity index (χ3v) is 6.90. The van der Waals surface area contributed by atoms with Crippen molar-refractivity contribution in [2.75, 3.05) is 0 Å². The number of carbonyl (C=O) groups excluding carboxylic acids is 2. The average Bonchev–Trinajstić information content (AvgIpc) is 2.59. The van der Waals surface area contributed by atoms with Crippen molar-refractivity contribution in [2.45, 2.75) is 52.0 Å². The molecule has 3 N–H and O–H groups in total. The molecule has 0 spiro atoms. The van der Waals surface area contributed by atoms with Crippen LogP contribution in [-0.4, -0.2) is 11.8 Å². The number of hydrogen-bond donors (Lipinski definition) is 2. The molecular weight excluding hydrogens is 324 g/mol. The lowest BCUT2D eigenvalue weighted by Gasteiger charge is -2.57. The first kappa shape index (κ1) is 17.3. The fourth-order valence-corrected chi connectivity index (χ4v) is 6.02. The first-order valence-corrected chi connectivity index (χ1v) is 9.79. The molecule has 26 heavy (non-hydrogen) atoms. The monoisotopic (exact) mass is 352 g/mol. The minimum absolute atomic E-state index is 0.0391. The van der Waals surface area contributed by atoms with Crippen molar-refractivity contribution in [3.05, 3.63) is 47.0 Å². The van der Waals surface area contributed by atoms with Crippen LogP contribution in [0.15, 0.2) is 35.9 Å². The number of nitrogens with one attached hydrogen (secondary N) is 1. The molecule has 0 radical (unpaired) electrons. The van der Waals surface area contributed by atoms with Gasteiger partial charge >= 0.3 is 0 Å². The molecule has 4 bridgehead atoms. The zero-order valence-electron chi connectivity index (χ0n) is 15.5. The number of rotatable bonds is 5. The van der Waals surface area contributed by atoms with Crippen LogP contribution < -0.4 is 11.1 Å². The second kappa shape index (κ2) is 6.57. The summed E-state index contributed by atoms with van der Waals surface area (Å²) in [6, 6.07) is 7.10.